The highest BCUT2D eigenvalue weighted by Gasteiger charge is 2.10. The molecule has 6 heteroatoms. The van der Waals surface area contributed by atoms with E-state index in [1.54, 1.807) is 31.2 Å². The second-order valence-electron chi connectivity index (χ2n) is 4.46. The molecular weight excluding hydrogens is 295 g/mol. The highest BCUT2D eigenvalue weighted by atomic mass is 35.5. The van der Waals surface area contributed by atoms with Crippen molar-refractivity contribution in [2.45, 2.75) is 6.92 Å². The highest BCUT2D eigenvalue weighted by Crippen LogP contribution is 2.24. The van der Waals surface area contributed by atoms with E-state index in [0.717, 1.165) is 0 Å². The van der Waals surface area contributed by atoms with Gasteiger partial charge in [0.15, 0.2) is 18.2 Å². The molecule has 0 aliphatic carbocycles. The lowest BCUT2D eigenvalue weighted by Gasteiger charge is -2.10. The summed E-state index contributed by atoms with van der Waals surface area (Å²) >= 11 is 5.93. The number of hydrogen-bond donors (Lipinski definition) is 2. The van der Waals surface area contributed by atoms with Crippen molar-refractivity contribution in [1.82, 2.24) is 0 Å². The first kappa shape index (κ1) is 15.1. The number of halogens is 2. The van der Waals surface area contributed by atoms with Crippen molar-refractivity contribution < 1.29 is 13.9 Å². The molecule has 0 saturated carbocycles. The van der Waals surface area contributed by atoms with Gasteiger partial charge in [-0.15, -0.1) is 0 Å². The second kappa shape index (κ2) is 6.45. The minimum Gasteiger partial charge on any atom is -0.481 e. The molecule has 0 heterocycles. The van der Waals surface area contributed by atoms with E-state index in [-0.39, 0.29) is 12.4 Å². The minimum atomic E-state index is -0.479. The maximum Gasteiger partial charge on any atom is 0.262 e. The monoisotopic (exact) mass is 308 g/mol. The molecular formula is C15H14ClFN2O2. The molecule has 0 atom stereocenters. The largest absolute Gasteiger partial charge is 0.481 e. The Hall–Kier alpha value is -2.27. The Morgan fingerprint density at radius 2 is 2.14 bits per heavy atom. The average Bonchev–Trinajstić information content (AvgIpc) is 2.44. The number of aryl methyl sites for hydroxylation is 1. The van der Waals surface area contributed by atoms with Gasteiger partial charge in [-0.05, 0) is 36.8 Å². The maximum absolute atomic E-state index is 13.7. The zero-order valence-electron chi connectivity index (χ0n) is 11.3. The predicted molar refractivity (Wildman–Crippen MR) is 81.1 cm³/mol. The highest BCUT2D eigenvalue weighted by molar-refractivity contribution is 6.33. The number of rotatable bonds is 4. The lowest BCUT2D eigenvalue weighted by atomic mass is 10.2. The van der Waals surface area contributed by atoms with Gasteiger partial charge in [-0.3, -0.25) is 4.79 Å². The zero-order chi connectivity index (χ0) is 15.4. The van der Waals surface area contributed by atoms with Crippen molar-refractivity contribution in [2.24, 2.45) is 0 Å². The molecule has 0 saturated heterocycles. The topological polar surface area (TPSA) is 64.3 Å². The summed E-state index contributed by atoms with van der Waals surface area (Å²) in [6.45, 7) is 1.29. The van der Waals surface area contributed by atoms with Gasteiger partial charge in [-0.2, -0.15) is 0 Å². The number of nitrogens with two attached hydrogens (primary N) is 1. The second-order valence-corrected chi connectivity index (χ2v) is 4.87. The molecule has 0 aliphatic rings. The molecule has 0 unspecified atom stereocenters. The van der Waals surface area contributed by atoms with Crippen LogP contribution in [0.1, 0.15) is 5.56 Å². The van der Waals surface area contributed by atoms with Crippen LogP contribution < -0.4 is 15.8 Å². The zero-order valence-corrected chi connectivity index (χ0v) is 12.1. The van der Waals surface area contributed by atoms with Crippen LogP contribution in [0.3, 0.4) is 0 Å². The molecule has 0 radical (unpaired) electrons. The number of carbonyl (C=O) groups excluding carboxylic acids is 1. The standard InChI is InChI=1S/C15H14ClFN2O2/c1-9-3-2-4-13(15(9)17)21-8-14(20)19-12-7-10(18)5-6-11(12)16/h2-7H,8,18H2,1H3,(H,19,20). The van der Waals surface area contributed by atoms with Crippen molar-refractivity contribution in [3.63, 3.8) is 0 Å². The number of nitrogens with one attached hydrogen (secondary N) is 1. The fourth-order valence-corrected chi connectivity index (χ4v) is 1.87. The molecule has 0 spiro atoms. The minimum absolute atomic E-state index is 0.0313. The van der Waals surface area contributed by atoms with Crippen LogP contribution in [0, 0.1) is 12.7 Å². The molecule has 4 nitrogen and oxygen atoms in total. The number of benzene rings is 2. The fourth-order valence-electron chi connectivity index (χ4n) is 1.70. The third-order valence-corrected chi connectivity index (χ3v) is 3.11. The van der Waals surface area contributed by atoms with Gasteiger partial charge in [0.1, 0.15) is 0 Å². The molecule has 2 rings (SSSR count). The van der Waals surface area contributed by atoms with E-state index in [2.05, 4.69) is 5.32 Å². The van der Waals surface area contributed by atoms with Crippen molar-refractivity contribution in [1.29, 1.82) is 0 Å². The van der Waals surface area contributed by atoms with Gasteiger partial charge in [0.05, 0.1) is 10.7 Å². The Balaban J connectivity index is 1.99. The molecule has 1 amide bonds. The third-order valence-electron chi connectivity index (χ3n) is 2.78. The maximum atomic E-state index is 13.7. The van der Waals surface area contributed by atoms with Gasteiger partial charge in [0.2, 0.25) is 0 Å². The van der Waals surface area contributed by atoms with Crippen molar-refractivity contribution in [3.05, 3.63) is 52.8 Å². The van der Waals surface area contributed by atoms with Crippen LogP contribution in [-0.4, -0.2) is 12.5 Å². The van der Waals surface area contributed by atoms with Gasteiger partial charge >= 0.3 is 0 Å². The van der Waals surface area contributed by atoms with E-state index in [1.165, 1.54) is 12.1 Å². The summed E-state index contributed by atoms with van der Waals surface area (Å²) in [4.78, 5) is 11.8. The van der Waals surface area contributed by atoms with Crippen LogP contribution in [0.15, 0.2) is 36.4 Å². The molecule has 2 aromatic rings. The molecule has 21 heavy (non-hydrogen) atoms. The van der Waals surface area contributed by atoms with Gasteiger partial charge in [0.25, 0.3) is 5.91 Å². The van der Waals surface area contributed by atoms with Crippen molar-refractivity contribution in [2.75, 3.05) is 17.7 Å². The molecule has 2 aromatic carbocycles. The number of ether oxygens (including phenoxy) is 1. The summed E-state index contributed by atoms with van der Waals surface area (Å²) in [6, 6.07) is 9.47. The summed E-state index contributed by atoms with van der Waals surface area (Å²) in [5, 5.41) is 2.92. The summed E-state index contributed by atoms with van der Waals surface area (Å²) in [5.74, 6) is -0.903. The third kappa shape index (κ3) is 3.86. The van der Waals surface area contributed by atoms with Crippen LogP contribution in [-0.2, 0) is 4.79 Å². The Bertz CT molecular complexity index is 677. The number of anilines is 2. The Labute approximate surface area is 126 Å². The summed E-state index contributed by atoms with van der Waals surface area (Å²) in [6.07, 6.45) is 0. The molecule has 0 aliphatic heterocycles. The summed E-state index contributed by atoms with van der Waals surface area (Å²) < 4.78 is 18.9. The first-order valence-electron chi connectivity index (χ1n) is 6.20. The SMILES string of the molecule is Cc1cccc(OCC(=O)Nc2cc(N)ccc2Cl)c1F. The van der Waals surface area contributed by atoms with E-state index < -0.39 is 11.7 Å². The van der Waals surface area contributed by atoms with E-state index in [9.17, 15) is 9.18 Å². The molecule has 0 bridgehead atoms. The normalized spacial score (nSPS) is 10.2. The quantitative estimate of drug-likeness (QED) is 0.851. The van der Waals surface area contributed by atoms with Crippen LogP contribution >= 0.6 is 11.6 Å². The Morgan fingerprint density at radius 3 is 2.90 bits per heavy atom. The van der Waals surface area contributed by atoms with Gasteiger partial charge in [-0.25, -0.2) is 4.39 Å². The van der Waals surface area contributed by atoms with E-state index in [0.29, 0.717) is 22.0 Å². The van der Waals surface area contributed by atoms with Gasteiger partial charge in [-0.1, -0.05) is 23.7 Å². The number of nitrogen functional groups attached to an aromatic ring is 1. The number of hydrogen-bond acceptors (Lipinski definition) is 3. The Morgan fingerprint density at radius 1 is 1.38 bits per heavy atom. The van der Waals surface area contributed by atoms with E-state index in [4.69, 9.17) is 22.1 Å². The van der Waals surface area contributed by atoms with E-state index in [1.807, 2.05) is 0 Å². The van der Waals surface area contributed by atoms with Crippen LogP contribution in [0.2, 0.25) is 5.02 Å². The van der Waals surface area contributed by atoms with Crippen LogP contribution in [0.4, 0.5) is 15.8 Å². The van der Waals surface area contributed by atoms with Crippen LogP contribution in [0.5, 0.6) is 5.75 Å². The van der Waals surface area contributed by atoms with Crippen molar-refractivity contribution >= 4 is 28.9 Å². The Kier molecular flexibility index (Phi) is 4.65. The van der Waals surface area contributed by atoms with E-state index >= 15 is 0 Å². The number of amides is 1. The molecule has 0 fully saturated rings. The summed E-state index contributed by atoms with van der Waals surface area (Å²) in [7, 11) is 0. The predicted octanol–water partition coefficient (Wildman–Crippen LogP) is 3.39. The first-order valence-corrected chi connectivity index (χ1v) is 6.58. The molecule has 110 valence electrons. The van der Waals surface area contributed by atoms with Crippen molar-refractivity contribution in [3.8, 4) is 5.75 Å². The molecule has 0 aromatic heterocycles. The smallest absolute Gasteiger partial charge is 0.262 e. The number of carbonyl (C=O) groups is 1. The lowest BCUT2D eigenvalue weighted by Crippen LogP contribution is -2.20. The first-order chi connectivity index (χ1) is 9.97. The van der Waals surface area contributed by atoms with Crippen LogP contribution in [0.25, 0.3) is 0 Å². The average molecular weight is 309 g/mol. The molecule has 3 N–H and O–H groups in total. The summed E-state index contributed by atoms with van der Waals surface area (Å²) in [5.41, 5.74) is 6.92. The van der Waals surface area contributed by atoms with Gasteiger partial charge < -0.3 is 15.8 Å². The fraction of sp³-hybridized carbons (Fsp3) is 0.133. The lowest BCUT2D eigenvalue weighted by molar-refractivity contribution is -0.118. The van der Waals surface area contributed by atoms with Gasteiger partial charge in [0, 0.05) is 5.69 Å².